The average molecular weight is 270 g/mol. The van der Waals surface area contributed by atoms with Gasteiger partial charge in [0.1, 0.15) is 0 Å². The van der Waals surface area contributed by atoms with E-state index in [0.29, 0.717) is 11.1 Å². The summed E-state index contributed by atoms with van der Waals surface area (Å²) in [5, 5.41) is 17.2. The Hall–Kier alpha value is -1.24. The van der Waals surface area contributed by atoms with E-state index in [9.17, 15) is 4.79 Å². The number of thioether (sulfide) groups is 1. The minimum absolute atomic E-state index is 0.0522. The summed E-state index contributed by atoms with van der Waals surface area (Å²) in [5.74, 6) is 6.10. The third kappa shape index (κ3) is 2.45. The van der Waals surface area contributed by atoms with Gasteiger partial charge in [0, 0.05) is 5.92 Å². The Bertz CT molecular complexity index is 458. The van der Waals surface area contributed by atoms with Crippen molar-refractivity contribution < 1.29 is 9.90 Å². The normalized spacial score (nSPS) is 22.2. The number of hydrogen-bond acceptors (Lipinski definition) is 5. The number of aliphatic carboxylic acids is 1. The molecule has 1 aromatic heterocycles. The second-order valence-electron chi connectivity index (χ2n) is 5.33. The molecule has 0 amide bonds. The number of carboxylic acids is 1. The van der Waals surface area contributed by atoms with Crippen molar-refractivity contribution in [2.75, 3.05) is 11.6 Å². The van der Waals surface area contributed by atoms with Gasteiger partial charge in [-0.1, -0.05) is 32.0 Å². The molecule has 1 aliphatic rings. The maximum absolute atomic E-state index is 10.5. The predicted molar refractivity (Wildman–Crippen MR) is 68.9 cm³/mol. The fourth-order valence-corrected chi connectivity index (χ4v) is 3.14. The van der Waals surface area contributed by atoms with Crippen LogP contribution in [0.1, 0.15) is 44.9 Å². The molecule has 0 saturated heterocycles. The number of nitrogen functional groups attached to an aromatic ring is 1. The molecular formula is C11H18N4O2S. The van der Waals surface area contributed by atoms with E-state index in [-0.39, 0.29) is 11.2 Å². The lowest BCUT2D eigenvalue weighted by molar-refractivity contribution is -0.133. The van der Waals surface area contributed by atoms with Crippen molar-refractivity contribution in [2.24, 2.45) is 5.41 Å². The van der Waals surface area contributed by atoms with Gasteiger partial charge >= 0.3 is 5.97 Å². The van der Waals surface area contributed by atoms with Crippen LogP contribution in [0.3, 0.4) is 0 Å². The SMILES string of the molecule is CC1(C)CCCC1c1nnc(SCC(=O)O)n1N. The standard InChI is InChI=1S/C11H18N4O2S/c1-11(2)5-3-4-7(11)9-13-14-10(15(9)12)18-6-8(16)17/h7H,3-6,12H2,1-2H3,(H,16,17). The third-order valence-corrected chi connectivity index (χ3v) is 4.51. The van der Waals surface area contributed by atoms with Crippen molar-refractivity contribution in [3.05, 3.63) is 5.82 Å². The first-order valence-electron chi connectivity index (χ1n) is 5.97. The van der Waals surface area contributed by atoms with Crippen LogP contribution >= 0.6 is 11.8 Å². The minimum Gasteiger partial charge on any atom is -0.481 e. The maximum atomic E-state index is 10.5. The second kappa shape index (κ2) is 4.79. The van der Waals surface area contributed by atoms with E-state index in [1.165, 1.54) is 11.1 Å². The smallest absolute Gasteiger partial charge is 0.313 e. The molecule has 1 atom stereocenters. The highest BCUT2D eigenvalue weighted by molar-refractivity contribution is 7.99. The van der Waals surface area contributed by atoms with Crippen LogP contribution in [0.2, 0.25) is 0 Å². The van der Waals surface area contributed by atoms with Crippen molar-refractivity contribution in [1.82, 2.24) is 14.9 Å². The molecule has 1 fully saturated rings. The molecule has 0 aliphatic heterocycles. The van der Waals surface area contributed by atoms with E-state index in [4.69, 9.17) is 10.9 Å². The molecule has 1 unspecified atom stereocenters. The molecule has 0 radical (unpaired) electrons. The quantitative estimate of drug-likeness (QED) is 0.635. The lowest BCUT2D eigenvalue weighted by Crippen LogP contribution is -2.23. The summed E-state index contributed by atoms with van der Waals surface area (Å²) in [5.41, 5.74) is 0.179. The van der Waals surface area contributed by atoms with Crippen molar-refractivity contribution in [3.63, 3.8) is 0 Å². The third-order valence-electron chi connectivity index (χ3n) is 3.58. The Morgan fingerprint density at radius 3 is 2.89 bits per heavy atom. The van der Waals surface area contributed by atoms with Crippen LogP contribution in [0.5, 0.6) is 0 Å². The molecule has 100 valence electrons. The number of hydrogen-bond donors (Lipinski definition) is 2. The summed E-state index contributed by atoms with van der Waals surface area (Å²) in [7, 11) is 0. The molecule has 3 N–H and O–H groups in total. The van der Waals surface area contributed by atoms with Gasteiger partial charge in [0.25, 0.3) is 0 Å². The number of nitrogens with zero attached hydrogens (tertiary/aromatic N) is 3. The van der Waals surface area contributed by atoms with Crippen LogP contribution in [0.25, 0.3) is 0 Å². The Morgan fingerprint density at radius 1 is 1.61 bits per heavy atom. The molecular weight excluding hydrogens is 252 g/mol. The number of aromatic nitrogens is 3. The number of nitrogens with two attached hydrogens (primary N) is 1. The van der Waals surface area contributed by atoms with Gasteiger partial charge in [0.15, 0.2) is 5.82 Å². The summed E-state index contributed by atoms with van der Waals surface area (Å²) in [4.78, 5) is 10.5. The molecule has 1 heterocycles. The fourth-order valence-electron chi connectivity index (χ4n) is 2.56. The number of rotatable bonds is 4. The van der Waals surface area contributed by atoms with Crippen LogP contribution in [-0.2, 0) is 4.79 Å². The van der Waals surface area contributed by atoms with Gasteiger partial charge in [0.2, 0.25) is 5.16 Å². The summed E-state index contributed by atoms with van der Waals surface area (Å²) in [6, 6.07) is 0. The fraction of sp³-hybridized carbons (Fsp3) is 0.727. The first-order valence-corrected chi connectivity index (χ1v) is 6.95. The van der Waals surface area contributed by atoms with Crippen molar-refractivity contribution in [1.29, 1.82) is 0 Å². The molecule has 18 heavy (non-hydrogen) atoms. The monoisotopic (exact) mass is 270 g/mol. The first kappa shape index (κ1) is 13.2. The maximum Gasteiger partial charge on any atom is 0.313 e. The van der Waals surface area contributed by atoms with Gasteiger partial charge in [-0.05, 0) is 18.3 Å². The lowest BCUT2D eigenvalue weighted by Gasteiger charge is -2.25. The zero-order chi connectivity index (χ0) is 13.3. The van der Waals surface area contributed by atoms with Crippen LogP contribution < -0.4 is 5.84 Å². The summed E-state index contributed by atoms with van der Waals surface area (Å²) in [6.07, 6.45) is 3.39. The molecule has 0 spiro atoms. The molecule has 1 saturated carbocycles. The molecule has 6 nitrogen and oxygen atoms in total. The Morgan fingerprint density at radius 2 is 2.33 bits per heavy atom. The van der Waals surface area contributed by atoms with E-state index >= 15 is 0 Å². The van der Waals surface area contributed by atoms with Crippen LogP contribution in [-0.4, -0.2) is 31.7 Å². The van der Waals surface area contributed by atoms with Gasteiger partial charge < -0.3 is 10.9 Å². The van der Waals surface area contributed by atoms with Crippen LogP contribution in [0.15, 0.2) is 5.16 Å². The van der Waals surface area contributed by atoms with Gasteiger partial charge in [-0.25, -0.2) is 4.68 Å². The van der Waals surface area contributed by atoms with Gasteiger partial charge in [-0.15, -0.1) is 10.2 Å². The number of carboxylic acid groups (broad SMARTS) is 1. The summed E-state index contributed by atoms with van der Waals surface area (Å²) in [6.45, 7) is 4.42. The first-order chi connectivity index (χ1) is 8.42. The van der Waals surface area contributed by atoms with Gasteiger partial charge in [-0.2, -0.15) is 0 Å². The second-order valence-corrected chi connectivity index (χ2v) is 6.27. The molecule has 1 aromatic rings. The van der Waals surface area contributed by atoms with E-state index in [1.807, 2.05) is 0 Å². The highest BCUT2D eigenvalue weighted by Gasteiger charge is 2.38. The highest BCUT2D eigenvalue weighted by atomic mass is 32.2. The molecule has 0 aromatic carbocycles. The van der Waals surface area contributed by atoms with Crippen molar-refractivity contribution >= 4 is 17.7 Å². The van der Waals surface area contributed by atoms with Crippen LogP contribution in [0.4, 0.5) is 0 Å². The Balaban J connectivity index is 2.18. The van der Waals surface area contributed by atoms with E-state index in [0.717, 1.165) is 30.4 Å². The average Bonchev–Trinajstić information content (AvgIpc) is 2.79. The minimum atomic E-state index is -0.884. The van der Waals surface area contributed by atoms with Crippen molar-refractivity contribution in [2.45, 2.75) is 44.2 Å². The highest BCUT2D eigenvalue weighted by Crippen LogP contribution is 2.48. The van der Waals surface area contributed by atoms with Crippen LogP contribution in [0, 0.1) is 5.41 Å². The Kier molecular flexibility index (Phi) is 3.52. The largest absolute Gasteiger partial charge is 0.481 e. The molecule has 7 heteroatoms. The molecule has 1 aliphatic carbocycles. The Labute approximate surface area is 110 Å². The van der Waals surface area contributed by atoms with E-state index in [1.54, 1.807) is 0 Å². The zero-order valence-electron chi connectivity index (χ0n) is 10.6. The lowest BCUT2D eigenvalue weighted by atomic mass is 9.81. The topological polar surface area (TPSA) is 94.0 Å². The predicted octanol–water partition coefficient (Wildman–Crippen LogP) is 1.46. The molecule has 2 rings (SSSR count). The zero-order valence-corrected chi connectivity index (χ0v) is 11.4. The number of carbonyl (C=O) groups is 1. The van der Waals surface area contributed by atoms with Gasteiger partial charge in [0.05, 0.1) is 5.75 Å². The molecule has 0 bridgehead atoms. The van der Waals surface area contributed by atoms with E-state index in [2.05, 4.69) is 24.0 Å². The van der Waals surface area contributed by atoms with Crippen molar-refractivity contribution in [3.8, 4) is 0 Å². The summed E-state index contributed by atoms with van der Waals surface area (Å²) >= 11 is 1.10. The summed E-state index contributed by atoms with van der Waals surface area (Å²) < 4.78 is 1.45. The van der Waals surface area contributed by atoms with Gasteiger partial charge in [-0.3, -0.25) is 4.79 Å². The van der Waals surface area contributed by atoms with E-state index < -0.39 is 5.97 Å².